The molecule has 0 bridgehead atoms. The first-order valence-electron chi connectivity index (χ1n) is 8.90. The van der Waals surface area contributed by atoms with Gasteiger partial charge in [0.25, 0.3) is 0 Å². The molecule has 1 unspecified atom stereocenters. The van der Waals surface area contributed by atoms with Crippen molar-refractivity contribution in [1.82, 2.24) is 4.90 Å². The molecule has 1 aliphatic heterocycles. The Morgan fingerprint density at radius 2 is 2.08 bits per heavy atom. The van der Waals surface area contributed by atoms with Crippen LogP contribution in [0.15, 0.2) is 16.6 Å². The predicted octanol–water partition coefficient (Wildman–Crippen LogP) is 3.27. The van der Waals surface area contributed by atoms with E-state index < -0.39 is 0 Å². The molecule has 2 fully saturated rings. The molecule has 3 rings (SSSR count). The van der Waals surface area contributed by atoms with E-state index in [-0.39, 0.29) is 29.5 Å². The van der Waals surface area contributed by atoms with Crippen molar-refractivity contribution in [2.75, 3.05) is 19.7 Å². The molecule has 1 saturated heterocycles. The second-order valence-corrected chi connectivity index (χ2v) is 7.50. The first-order chi connectivity index (χ1) is 12.5. The molecule has 7 heteroatoms. The summed E-state index contributed by atoms with van der Waals surface area (Å²) in [5, 5.41) is 9.09. The zero-order valence-electron chi connectivity index (χ0n) is 14.7. The third-order valence-corrected chi connectivity index (χ3v) is 5.22. The summed E-state index contributed by atoms with van der Waals surface area (Å²) in [6, 6.07) is 5.20. The number of carbonyl (C=O) groups excluding carboxylic acids is 2. The number of nitriles is 1. The third-order valence-electron chi connectivity index (χ3n) is 4.63. The smallest absolute Gasteiger partial charge is 0.316 e. The minimum Gasteiger partial charge on any atom is -0.490 e. The number of amides is 1. The van der Waals surface area contributed by atoms with Gasteiger partial charge in [0.2, 0.25) is 5.91 Å². The zero-order valence-corrected chi connectivity index (χ0v) is 16.3. The van der Waals surface area contributed by atoms with Crippen LogP contribution in [0, 0.1) is 23.2 Å². The number of hydrogen-bond donors (Lipinski definition) is 0. The predicted molar refractivity (Wildman–Crippen MR) is 97.7 cm³/mol. The minimum absolute atomic E-state index is 0.155. The van der Waals surface area contributed by atoms with Crippen LogP contribution >= 0.6 is 15.9 Å². The lowest BCUT2D eigenvalue weighted by Gasteiger charge is -2.31. The first kappa shape index (κ1) is 18.7. The summed E-state index contributed by atoms with van der Waals surface area (Å²) in [5.41, 5.74) is 0.416. The highest BCUT2D eigenvalue weighted by atomic mass is 79.9. The Labute approximate surface area is 161 Å². The average molecular weight is 421 g/mol. The molecule has 138 valence electrons. The molecule has 1 aromatic carbocycles. The molecule has 1 aromatic rings. The fourth-order valence-corrected chi connectivity index (χ4v) is 3.66. The van der Waals surface area contributed by atoms with E-state index in [1.807, 2.05) is 6.92 Å². The van der Waals surface area contributed by atoms with E-state index in [4.69, 9.17) is 14.7 Å². The lowest BCUT2D eigenvalue weighted by atomic mass is 9.98. The van der Waals surface area contributed by atoms with Crippen LogP contribution < -0.4 is 9.47 Å². The highest BCUT2D eigenvalue weighted by Crippen LogP contribution is 2.38. The van der Waals surface area contributed by atoms with Crippen molar-refractivity contribution < 1.29 is 19.1 Å². The number of carbonyl (C=O) groups is 2. The Kier molecular flexibility index (Phi) is 5.82. The normalized spacial score (nSPS) is 19.6. The summed E-state index contributed by atoms with van der Waals surface area (Å²) in [7, 11) is 0. The van der Waals surface area contributed by atoms with Gasteiger partial charge in [0, 0.05) is 25.1 Å². The molecule has 0 radical (unpaired) electrons. The molecule has 2 aliphatic rings. The quantitative estimate of drug-likeness (QED) is 0.539. The number of esters is 1. The maximum atomic E-state index is 12.7. The number of halogens is 1. The maximum Gasteiger partial charge on any atom is 0.316 e. The van der Waals surface area contributed by atoms with Gasteiger partial charge in [-0.1, -0.05) is 0 Å². The van der Waals surface area contributed by atoms with Gasteiger partial charge in [0.05, 0.1) is 28.6 Å². The molecule has 26 heavy (non-hydrogen) atoms. The monoisotopic (exact) mass is 420 g/mol. The van der Waals surface area contributed by atoms with Crippen LogP contribution in [0.25, 0.3) is 0 Å². The van der Waals surface area contributed by atoms with E-state index in [2.05, 4.69) is 22.0 Å². The largest absolute Gasteiger partial charge is 0.490 e. The molecule has 1 atom stereocenters. The van der Waals surface area contributed by atoms with E-state index in [0.29, 0.717) is 41.9 Å². The van der Waals surface area contributed by atoms with Crippen molar-refractivity contribution in [2.24, 2.45) is 11.8 Å². The van der Waals surface area contributed by atoms with Crippen LogP contribution in [-0.2, 0) is 9.59 Å². The van der Waals surface area contributed by atoms with Crippen LogP contribution in [0.3, 0.4) is 0 Å². The molecular formula is C19H21BrN2O4. The summed E-state index contributed by atoms with van der Waals surface area (Å²) in [6.07, 6.45) is 3.41. The number of hydrogen-bond acceptors (Lipinski definition) is 5. The Morgan fingerprint density at radius 1 is 1.31 bits per heavy atom. The molecule has 0 aromatic heterocycles. The van der Waals surface area contributed by atoms with Crippen LogP contribution in [0.4, 0.5) is 0 Å². The lowest BCUT2D eigenvalue weighted by molar-refractivity contribution is -0.144. The summed E-state index contributed by atoms with van der Waals surface area (Å²) in [5.74, 6) is 0.238. The Hall–Kier alpha value is -2.07. The van der Waals surface area contributed by atoms with Gasteiger partial charge in [-0.25, -0.2) is 0 Å². The summed E-state index contributed by atoms with van der Waals surface area (Å²) in [4.78, 5) is 26.7. The Balaban J connectivity index is 1.72. The van der Waals surface area contributed by atoms with Gasteiger partial charge in [-0.15, -0.1) is 0 Å². The van der Waals surface area contributed by atoms with Crippen molar-refractivity contribution in [3.05, 3.63) is 22.2 Å². The summed E-state index contributed by atoms with van der Waals surface area (Å²) >= 11 is 3.35. The minimum atomic E-state index is -0.371. The van der Waals surface area contributed by atoms with Crippen molar-refractivity contribution in [2.45, 2.75) is 32.6 Å². The van der Waals surface area contributed by atoms with Gasteiger partial charge in [0.1, 0.15) is 0 Å². The molecule has 0 spiro atoms. The van der Waals surface area contributed by atoms with Gasteiger partial charge in [0.15, 0.2) is 11.5 Å². The van der Waals surface area contributed by atoms with Crippen LogP contribution in [-0.4, -0.2) is 36.5 Å². The molecule has 6 nitrogen and oxygen atoms in total. The highest BCUT2D eigenvalue weighted by molar-refractivity contribution is 9.10. The number of piperidine rings is 1. The number of nitrogens with zero attached hydrogens (tertiary/aromatic N) is 2. The van der Waals surface area contributed by atoms with Gasteiger partial charge in [-0.3, -0.25) is 9.59 Å². The fourth-order valence-electron chi connectivity index (χ4n) is 3.14. The standard InChI is InChI=1S/C19H21BrN2O4/c1-2-25-16-9-12(10-21)8-15(20)17(16)26-19(24)14-4-3-7-22(11-14)18(23)13-5-6-13/h8-9,13-14H,2-7,11H2,1H3. The van der Waals surface area contributed by atoms with Crippen molar-refractivity contribution >= 4 is 27.8 Å². The molecule has 1 amide bonds. The summed E-state index contributed by atoms with van der Waals surface area (Å²) in [6.45, 7) is 3.33. The molecule has 0 N–H and O–H groups in total. The van der Waals surface area contributed by atoms with E-state index in [1.165, 1.54) is 0 Å². The van der Waals surface area contributed by atoms with Crippen LogP contribution in [0.5, 0.6) is 11.5 Å². The topological polar surface area (TPSA) is 79.6 Å². The molecular weight excluding hydrogens is 400 g/mol. The first-order valence-corrected chi connectivity index (χ1v) is 9.69. The third kappa shape index (κ3) is 4.18. The highest BCUT2D eigenvalue weighted by Gasteiger charge is 2.37. The van der Waals surface area contributed by atoms with E-state index >= 15 is 0 Å². The maximum absolute atomic E-state index is 12.7. The molecule has 1 heterocycles. The fraction of sp³-hybridized carbons (Fsp3) is 0.526. The second kappa shape index (κ2) is 8.09. The van der Waals surface area contributed by atoms with Crippen molar-refractivity contribution in [3.8, 4) is 17.6 Å². The van der Waals surface area contributed by atoms with Crippen molar-refractivity contribution in [1.29, 1.82) is 5.26 Å². The lowest BCUT2D eigenvalue weighted by Crippen LogP contribution is -2.44. The van der Waals surface area contributed by atoms with Gasteiger partial charge < -0.3 is 14.4 Å². The van der Waals surface area contributed by atoms with Crippen LogP contribution in [0.2, 0.25) is 0 Å². The zero-order chi connectivity index (χ0) is 18.7. The number of benzene rings is 1. The SMILES string of the molecule is CCOc1cc(C#N)cc(Br)c1OC(=O)C1CCCN(C(=O)C2CC2)C1. The Bertz CT molecular complexity index is 755. The van der Waals surface area contributed by atoms with E-state index in [0.717, 1.165) is 19.3 Å². The second-order valence-electron chi connectivity index (χ2n) is 6.65. The molecule has 1 aliphatic carbocycles. The Morgan fingerprint density at radius 3 is 2.73 bits per heavy atom. The van der Waals surface area contributed by atoms with E-state index in [1.54, 1.807) is 17.0 Å². The average Bonchev–Trinajstić information content (AvgIpc) is 3.49. The van der Waals surface area contributed by atoms with Gasteiger partial charge >= 0.3 is 5.97 Å². The molecule has 1 saturated carbocycles. The number of ether oxygens (including phenoxy) is 2. The van der Waals surface area contributed by atoms with Gasteiger partial charge in [-0.05, 0) is 54.6 Å². The van der Waals surface area contributed by atoms with E-state index in [9.17, 15) is 9.59 Å². The number of likely N-dealkylation sites (tertiary alicyclic amines) is 1. The van der Waals surface area contributed by atoms with Crippen LogP contribution in [0.1, 0.15) is 38.2 Å². The summed E-state index contributed by atoms with van der Waals surface area (Å²) < 4.78 is 11.6. The van der Waals surface area contributed by atoms with Gasteiger partial charge in [-0.2, -0.15) is 5.26 Å². The number of rotatable bonds is 5. The van der Waals surface area contributed by atoms with Crippen molar-refractivity contribution in [3.63, 3.8) is 0 Å².